The number of nitrogens with zero attached hydrogens (tertiary/aromatic N) is 1. The van der Waals surface area contributed by atoms with Crippen molar-refractivity contribution in [2.75, 3.05) is 38.3 Å². The van der Waals surface area contributed by atoms with Crippen LogP contribution in [0.2, 0.25) is 0 Å². The van der Waals surface area contributed by atoms with Gasteiger partial charge in [-0.3, -0.25) is 4.79 Å². The van der Waals surface area contributed by atoms with Crippen molar-refractivity contribution >= 4 is 22.8 Å². The highest BCUT2D eigenvalue weighted by Gasteiger charge is 2.20. The van der Waals surface area contributed by atoms with Crippen LogP contribution in [-0.4, -0.2) is 44.5 Å². The Balaban J connectivity index is 2.20. The Labute approximate surface area is 138 Å². The molecule has 2 heterocycles. The van der Waals surface area contributed by atoms with Crippen molar-refractivity contribution in [1.29, 1.82) is 0 Å². The molecule has 2 aromatic rings. The molecule has 0 aliphatic carbocycles. The summed E-state index contributed by atoms with van der Waals surface area (Å²) in [6, 6.07) is 4.33. The fraction of sp³-hybridized carbons (Fsp3) is 0.412. The van der Waals surface area contributed by atoms with E-state index < -0.39 is 12.1 Å². The van der Waals surface area contributed by atoms with E-state index in [0.29, 0.717) is 37.8 Å². The number of fused-ring (bicyclic) bond motifs is 1. The highest BCUT2D eigenvalue weighted by Crippen LogP contribution is 2.28. The van der Waals surface area contributed by atoms with Crippen LogP contribution < -0.4 is 10.3 Å². The van der Waals surface area contributed by atoms with E-state index in [0.717, 1.165) is 0 Å². The molecule has 1 saturated heterocycles. The standard InChI is InChI=1S/C17H19NO6/c1-10(19)12-7-11(17(21)22-2)8-13-14(20)9-15(24-16(12)13)18-3-5-23-6-4-18/h7-10,19H,3-6H2,1-2H3. The third kappa shape index (κ3) is 3.00. The highest BCUT2D eigenvalue weighted by molar-refractivity contribution is 5.95. The third-order valence-corrected chi connectivity index (χ3v) is 4.04. The second-order valence-electron chi connectivity index (χ2n) is 5.66. The van der Waals surface area contributed by atoms with E-state index in [4.69, 9.17) is 13.9 Å². The molecule has 7 nitrogen and oxygen atoms in total. The zero-order chi connectivity index (χ0) is 17.3. The van der Waals surface area contributed by atoms with Gasteiger partial charge in [0.25, 0.3) is 0 Å². The van der Waals surface area contributed by atoms with Crippen molar-refractivity contribution in [3.05, 3.63) is 39.5 Å². The van der Waals surface area contributed by atoms with Gasteiger partial charge in [-0.2, -0.15) is 0 Å². The van der Waals surface area contributed by atoms with Crippen LogP contribution in [0.25, 0.3) is 11.0 Å². The van der Waals surface area contributed by atoms with Crippen LogP contribution in [0, 0.1) is 0 Å². The third-order valence-electron chi connectivity index (χ3n) is 4.04. The minimum absolute atomic E-state index is 0.201. The molecule has 1 aromatic heterocycles. The number of rotatable bonds is 3. The summed E-state index contributed by atoms with van der Waals surface area (Å²) in [7, 11) is 1.26. The number of morpholine rings is 1. The van der Waals surface area contributed by atoms with E-state index in [1.165, 1.54) is 25.3 Å². The fourth-order valence-electron chi connectivity index (χ4n) is 2.76. The van der Waals surface area contributed by atoms with Crippen molar-refractivity contribution in [1.82, 2.24) is 0 Å². The summed E-state index contributed by atoms with van der Waals surface area (Å²) in [6.45, 7) is 3.92. The Morgan fingerprint density at radius 3 is 2.62 bits per heavy atom. The number of ether oxygens (including phenoxy) is 2. The molecule has 1 fully saturated rings. The maximum atomic E-state index is 12.5. The number of anilines is 1. The number of esters is 1. The quantitative estimate of drug-likeness (QED) is 0.851. The lowest BCUT2D eigenvalue weighted by atomic mass is 10.0. The SMILES string of the molecule is COC(=O)c1cc(C(C)O)c2oc(N3CCOCC3)cc(=O)c2c1. The molecule has 24 heavy (non-hydrogen) atoms. The van der Waals surface area contributed by atoms with Gasteiger partial charge in [0.05, 0.1) is 37.4 Å². The second-order valence-corrected chi connectivity index (χ2v) is 5.66. The van der Waals surface area contributed by atoms with Gasteiger partial charge in [-0.15, -0.1) is 0 Å². The lowest BCUT2D eigenvalue weighted by Gasteiger charge is -2.27. The molecule has 0 spiro atoms. The fourth-order valence-corrected chi connectivity index (χ4v) is 2.76. The maximum absolute atomic E-state index is 12.5. The van der Waals surface area contributed by atoms with E-state index >= 15 is 0 Å². The highest BCUT2D eigenvalue weighted by atomic mass is 16.5. The molecular weight excluding hydrogens is 314 g/mol. The number of aliphatic hydroxyl groups is 1. The molecule has 128 valence electrons. The Bertz CT molecular complexity index is 820. The predicted molar refractivity (Wildman–Crippen MR) is 87.5 cm³/mol. The van der Waals surface area contributed by atoms with Gasteiger partial charge in [0, 0.05) is 24.7 Å². The van der Waals surface area contributed by atoms with Gasteiger partial charge in [0.15, 0.2) is 11.3 Å². The van der Waals surface area contributed by atoms with Crippen molar-refractivity contribution in [2.45, 2.75) is 13.0 Å². The number of methoxy groups -OCH3 is 1. The normalized spacial score (nSPS) is 16.2. The Morgan fingerprint density at radius 2 is 2.00 bits per heavy atom. The van der Waals surface area contributed by atoms with Crippen molar-refractivity contribution in [3.63, 3.8) is 0 Å². The van der Waals surface area contributed by atoms with Crippen LogP contribution in [0.15, 0.2) is 27.4 Å². The van der Waals surface area contributed by atoms with Crippen LogP contribution in [0.1, 0.15) is 28.9 Å². The average Bonchev–Trinajstić information content (AvgIpc) is 2.60. The predicted octanol–water partition coefficient (Wildman–Crippen LogP) is 1.47. The van der Waals surface area contributed by atoms with Gasteiger partial charge in [-0.1, -0.05) is 0 Å². The monoisotopic (exact) mass is 333 g/mol. The summed E-state index contributed by atoms with van der Waals surface area (Å²) in [5, 5.41) is 10.3. The van der Waals surface area contributed by atoms with Crippen molar-refractivity contribution < 1.29 is 23.8 Å². The minimum Gasteiger partial charge on any atom is -0.465 e. The van der Waals surface area contributed by atoms with E-state index in [9.17, 15) is 14.7 Å². The molecule has 1 unspecified atom stereocenters. The van der Waals surface area contributed by atoms with Gasteiger partial charge >= 0.3 is 5.97 Å². The van der Waals surface area contributed by atoms with Gasteiger partial charge in [-0.05, 0) is 19.1 Å². The number of aliphatic hydroxyl groups excluding tert-OH is 1. The van der Waals surface area contributed by atoms with Crippen molar-refractivity contribution in [3.8, 4) is 0 Å². The second kappa shape index (κ2) is 6.62. The molecule has 0 saturated carbocycles. The summed E-state index contributed by atoms with van der Waals surface area (Å²) in [5.74, 6) is -0.140. The van der Waals surface area contributed by atoms with E-state index in [1.807, 2.05) is 4.90 Å². The molecule has 0 bridgehead atoms. The molecule has 1 aliphatic rings. The zero-order valence-corrected chi connectivity index (χ0v) is 13.6. The summed E-state index contributed by atoms with van der Waals surface area (Å²) >= 11 is 0. The lowest BCUT2D eigenvalue weighted by molar-refractivity contribution is 0.0600. The molecule has 1 aromatic carbocycles. The minimum atomic E-state index is -0.903. The van der Waals surface area contributed by atoms with Gasteiger partial charge in [-0.25, -0.2) is 4.79 Å². The van der Waals surface area contributed by atoms with Gasteiger partial charge < -0.3 is 23.9 Å². The smallest absolute Gasteiger partial charge is 0.337 e. The first kappa shape index (κ1) is 16.5. The molecule has 7 heteroatoms. The first-order chi connectivity index (χ1) is 11.5. The first-order valence-electron chi connectivity index (χ1n) is 7.72. The topological polar surface area (TPSA) is 89.2 Å². The van der Waals surface area contributed by atoms with Crippen LogP contribution in [-0.2, 0) is 9.47 Å². The van der Waals surface area contributed by atoms with Crippen LogP contribution in [0.4, 0.5) is 5.88 Å². The lowest BCUT2D eigenvalue weighted by Crippen LogP contribution is -2.36. The number of hydrogen-bond donors (Lipinski definition) is 1. The van der Waals surface area contributed by atoms with Crippen LogP contribution >= 0.6 is 0 Å². The Morgan fingerprint density at radius 1 is 1.29 bits per heavy atom. The summed E-state index contributed by atoms with van der Waals surface area (Å²) < 4.78 is 15.9. The molecule has 1 aliphatic heterocycles. The summed E-state index contributed by atoms with van der Waals surface area (Å²) in [5.41, 5.74) is 0.587. The molecule has 0 amide bonds. The largest absolute Gasteiger partial charge is 0.465 e. The van der Waals surface area contributed by atoms with Crippen LogP contribution in [0.5, 0.6) is 0 Å². The van der Waals surface area contributed by atoms with E-state index in [-0.39, 0.29) is 22.0 Å². The maximum Gasteiger partial charge on any atom is 0.337 e. The molecule has 1 N–H and O–H groups in total. The zero-order valence-electron chi connectivity index (χ0n) is 13.6. The molecule has 3 rings (SSSR count). The average molecular weight is 333 g/mol. The summed E-state index contributed by atoms with van der Waals surface area (Å²) in [6.07, 6.45) is -0.903. The van der Waals surface area contributed by atoms with Crippen molar-refractivity contribution in [2.24, 2.45) is 0 Å². The number of benzene rings is 1. The first-order valence-corrected chi connectivity index (χ1v) is 7.72. The molecular formula is C17H19NO6. The van der Waals surface area contributed by atoms with E-state index in [2.05, 4.69) is 0 Å². The van der Waals surface area contributed by atoms with Crippen LogP contribution in [0.3, 0.4) is 0 Å². The molecule has 1 atom stereocenters. The number of carbonyl (C=O) groups excluding carboxylic acids is 1. The van der Waals surface area contributed by atoms with Gasteiger partial charge in [0.2, 0.25) is 0 Å². The number of carbonyl (C=O) groups is 1. The summed E-state index contributed by atoms with van der Waals surface area (Å²) in [4.78, 5) is 26.2. The van der Waals surface area contributed by atoms with Gasteiger partial charge in [0.1, 0.15) is 5.58 Å². The Kier molecular flexibility index (Phi) is 4.55. The van der Waals surface area contributed by atoms with E-state index in [1.54, 1.807) is 6.92 Å². The number of hydrogen-bond acceptors (Lipinski definition) is 7. The Hall–Kier alpha value is -2.38. The molecule has 0 radical (unpaired) electrons.